The van der Waals surface area contributed by atoms with Gasteiger partial charge in [-0.1, -0.05) is 6.92 Å². The number of nitrogens with one attached hydrogen (secondary N) is 1. The lowest BCUT2D eigenvalue weighted by atomic mass is 10.1. The molecule has 1 N–H and O–H groups in total. The minimum atomic E-state index is -3.28. The van der Waals surface area contributed by atoms with E-state index in [2.05, 4.69) is 4.72 Å². The van der Waals surface area contributed by atoms with Gasteiger partial charge in [0.2, 0.25) is 20.0 Å². The van der Waals surface area contributed by atoms with E-state index >= 15 is 0 Å². The maximum atomic E-state index is 11.8. The Hall–Kier alpha value is -0.180. The first-order valence-corrected chi connectivity index (χ1v) is 9.20. The van der Waals surface area contributed by atoms with Gasteiger partial charge in [0, 0.05) is 19.1 Å². The number of rotatable bonds is 5. The molecule has 0 aromatic heterocycles. The fraction of sp³-hybridized carbons (Fsp3) is 1.00. The van der Waals surface area contributed by atoms with Crippen molar-refractivity contribution in [2.45, 2.75) is 32.2 Å². The maximum absolute atomic E-state index is 11.8. The number of hydrogen-bond acceptors (Lipinski definition) is 4. The topological polar surface area (TPSA) is 83.6 Å². The summed E-state index contributed by atoms with van der Waals surface area (Å²) in [5.41, 5.74) is 0. The van der Waals surface area contributed by atoms with Crippen LogP contribution in [0.25, 0.3) is 0 Å². The van der Waals surface area contributed by atoms with E-state index in [0.29, 0.717) is 25.8 Å². The monoisotopic (exact) mass is 284 g/mol. The standard InChI is InChI=1S/C9H20N2O4S2/c1-3-7-17(14,15)11-6-4-5-9(8-11)10-16(2,12)13/h9-10H,3-8H2,1-2H3. The molecule has 1 atom stereocenters. The van der Waals surface area contributed by atoms with Crippen LogP contribution in [0.4, 0.5) is 0 Å². The molecule has 0 bridgehead atoms. The second kappa shape index (κ2) is 5.64. The van der Waals surface area contributed by atoms with Crippen molar-refractivity contribution >= 4 is 20.0 Å². The van der Waals surface area contributed by atoms with E-state index in [-0.39, 0.29) is 18.3 Å². The van der Waals surface area contributed by atoms with Gasteiger partial charge in [-0.05, 0) is 19.3 Å². The van der Waals surface area contributed by atoms with Crippen molar-refractivity contribution in [3.05, 3.63) is 0 Å². The Kier molecular flexibility index (Phi) is 4.94. The van der Waals surface area contributed by atoms with Gasteiger partial charge in [0.1, 0.15) is 0 Å². The molecule has 102 valence electrons. The summed E-state index contributed by atoms with van der Waals surface area (Å²) in [5.74, 6) is 0.124. The molecule has 0 aromatic carbocycles. The SMILES string of the molecule is CCCS(=O)(=O)N1CCCC(NS(C)(=O)=O)C1. The zero-order valence-corrected chi connectivity index (χ0v) is 11.8. The molecule has 1 rings (SSSR count). The third-order valence-electron chi connectivity index (χ3n) is 2.62. The second-order valence-electron chi connectivity index (χ2n) is 4.40. The first-order valence-electron chi connectivity index (χ1n) is 5.70. The molecule has 0 saturated carbocycles. The molecule has 0 aromatic rings. The predicted molar refractivity (Wildman–Crippen MR) is 66.7 cm³/mol. The summed E-state index contributed by atoms with van der Waals surface area (Å²) in [6, 6.07) is -0.301. The van der Waals surface area contributed by atoms with Crippen molar-refractivity contribution in [2.75, 3.05) is 25.1 Å². The predicted octanol–water partition coefficient (Wildman–Crippen LogP) is -0.260. The molecule has 17 heavy (non-hydrogen) atoms. The van der Waals surface area contributed by atoms with Crippen LogP contribution >= 0.6 is 0 Å². The molecule has 1 heterocycles. The van der Waals surface area contributed by atoms with Gasteiger partial charge in [-0.25, -0.2) is 25.9 Å². The Labute approximate surface area is 103 Å². The van der Waals surface area contributed by atoms with E-state index in [1.54, 1.807) is 0 Å². The molecule has 0 radical (unpaired) electrons. The number of hydrogen-bond donors (Lipinski definition) is 1. The third kappa shape index (κ3) is 4.90. The summed E-state index contributed by atoms with van der Waals surface area (Å²) in [6.07, 6.45) is 3.04. The minimum absolute atomic E-state index is 0.124. The third-order valence-corrected chi connectivity index (χ3v) is 5.42. The van der Waals surface area contributed by atoms with Crippen molar-refractivity contribution in [2.24, 2.45) is 0 Å². The van der Waals surface area contributed by atoms with Gasteiger partial charge in [0.25, 0.3) is 0 Å². The van der Waals surface area contributed by atoms with Gasteiger partial charge in [-0.15, -0.1) is 0 Å². The number of piperidine rings is 1. The number of sulfonamides is 2. The van der Waals surface area contributed by atoms with Crippen LogP contribution in [0, 0.1) is 0 Å². The quantitative estimate of drug-likeness (QED) is 0.754. The molecule has 8 heteroatoms. The van der Waals surface area contributed by atoms with Gasteiger partial charge in [-0.2, -0.15) is 0 Å². The molecule has 0 aliphatic carbocycles. The first kappa shape index (κ1) is 14.9. The van der Waals surface area contributed by atoms with Crippen molar-refractivity contribution in [3.63, 3.8) is 0 Å². The molecule has 0 spiro atoms. The van der Waals surface area contributed by atoms with Crippen LogP contribution in [-0.2, 0) is 20.0 Å². The smallest absolute Gasteiger partial charge is 0.213 e. The largest absolute Gasteiger partial charge is 0.214 e. The Morgan fingerprint density at radius 3 is 2.47 bits per heavy atom. The van der Waals surface area contributed by atoms with E-state index in [9.17, 15) is 16.8 Å². The highest BCUT2D eigenvalue weighted by Gasteiger charge is 2.29. The lowest BCUT2D eigenvalue weighted by Gasteiger charge is -2.31. The van der Waals surface area contributed by atoms with Crippen LogP contribution in [0.5, 0.6) is 0 Å². The van der Waals surface area contributed by atoms with Gasteiger partial charge in [-0.3, -0.25) is 0 Å². The van der Waals surface area contributed by atoms with Crippen LogP contribution in [0.2, 0.25) is 0 Å². The van der Waals surface area contributed by atoms with E-state index in [1.807, 2.05) is 6.92 Å². The maximum Gasteiger partial charge on any atom is 0.214 e. The molecule has 1 aliphatic rings. The van der Waals surface area contributed by atoms with Crippen molar-refractivity contribution in [3.8, 4) is 0 Å². The zero-order chi connectivity index (χ0) is 13.1. The van der Waals surface area contributed by atoms with Gasteiger partial charge < -0.3 is 0 Å². The Balaban J connectivity index is 2.67. The summed E-state index contributed by atoms with van der Waals surface area (Å²) < 4.78 is 49.8. The first-order chi connectivity index (χ1) is 7.74. The minimum Gasteiger partial charge on any atom is -0.213 e. The van der Waals surface area contributed by atoms with Gasteiger partial charge >= 0.3 is 0 Å². The molecular formula is C9H20N2O4S2. The number of nitrogens with zero attached hydrogens (tertiary/aromatic N) is 1. The average Bonchev–Trinajstić information content (AvgIpc) is 2.15. The van der Waals surface area contributed by atoms with E-state index in [4.69, 9.17) is 0 Å². The van der Waals surface area contributed by atoms with Crippen LogP contribution < -0.4 is 4.72 Å². The molecule has 1 unspecified atom stereocenters. The summed E-state index contributed by atoms with van der Waals surface area (Å²) in [5, 5.41) is 0. The Bertz CT molecular complexity index is 444. The molecule has 1 fully saturated rings. The lowest BCUT2D eigenvalue weighted by Crippen LogP contribution is -2.49. The summed E-state index contributed by atoms with van der Waals surface area (Å²) in [7, 11) is -6.50. The van der Waals surface area contributed by atoms with E-state index in [1.165, 1.54) is 4.31 Å². The fourth-order valence-corrected chi connectivity index (χ4v) is 4.37. The second-order valence-corrected chi connectivity index (χ2v) is 8.27. The summed E-state index contributed by atoms with van der Waals surface area (Å²) in [4.78, 5) is 0. The van der Waals surface area contributed by atoms with E-state index < -0.39 is 20.0 Å². The van der Waals surface area contributed by atoms with Gasteiger partial charge in [0.05, 0.1) is 12.0 Å². The molecule has 0 amide bonds. The fourth-order valence-electron chi connectivity index (χ4n) is 1.98. The molecular weight excluding hydrogens is 264 g/mol. The molecule has 1 saturated heterocycles. The highest BCUT2D eigenvalue weighted by atomic mass is 32.2. The van der Waals surface area contributed by atoms with Crippen LogP contribution in [0.1, 0.15) is 26.2 Å². The van der Waals surface area contributed by atoms with Gasteiger partial charge in [0.15, 0.2) is 0 Å². The van der Waals surface area contributed by atoms with E-state index in [0.717, 1.165) is 6.26 Å². The normalized spacial score (nSPS) is 23.8. The van der Waals surface area contributed by atoms with Crippen molar-refractivity contribution in [1.29, 1.82) is 0 Å². The summed E-state index contributed by atoms with van der Waals surface area (Å²) in [6.45, 7) is 2.55. The van der Waals surface area contributed by atoms with Crippen molar-refractivity contribution < 1.29 is 16.8 Å². The van der Waals surface area contributed by atoms with Crippen LogP contribution in [0.15, 0.2) is 0 Å². The highest BCUT2D eigenvalue weighted by Crippen LogP contribution is 2.15. The Morgan fingerprint density at radius 1 is 1.29 bits per heavy atom. The average molecular weight is 284 g/mol. The lowest BCUT2D eigenvalue weighted by molar-refractivity contribution is 0.303. The summed E-state index contributed by atoms with van der Waals surface area (Å²) >= 11 is 0. The van der Waals surface area contributed by atoms with Crippen molar-refractivity contribution in [1.82, 2.24) is 9.03 Å². The molecule has 1 aliphatic heterocycles. The Morgan fingerprint density at radius 2 is 1.94 bits per heavy atom. The highest BCUT2D eigenvalue weighted by molar-refractivity contribution is 7.89. The zero-order valence-electron chi connectivity index (χ0n) is 10.2. The molecule has 6 nitrogen and oxygen atoms in total. The van der Waals surface area contributed by atoms with Crippen LogP contribution in [-0.4, -0.2) is 52.3 Å². The van der Waals surface area contributed by atoms with Crippen LogP contribution in [0.3, 0.4) is 0 Å².